The SMILES string of the molecule is CC.CN(C)C(=O)c1ccc(Nc2ncnc3[nH]cc(F)c23)c(F)c1.C[C@H]1CCNC1. The van der Waals surface area contributed by atoms with Gasteiger partial charge in [-0.25, -0.2) is 18.7 Å². The van der Waals surface area contributed by atoms with E-state index in [0.717, 1.165) is 18.2 Å². The number of benzene rings is 1. The molecule has 0 saturated carbocycles. The van der Waals surface area contributed by atoms with Crippen molar-refractivity contribution in [2.24, 2.45) is 5.92 Å². The van der Waals surface area contributed by atoms with Gasteiger partial charge in [0, 0.05) is 25.9 Å². The number of anilines is 2. The molecule has 7 nitrogen and oxygen atoms in total. The summed E-state index contributed by atoms with van der Waals surface area (Å²) in [6.45, 7) is 8.75. The molecule has 1 saturated heterocycles. The Morgan fingerprint density at radius 3 is 2.48 bits per heavy atom. The van der Waals surface area contributed by atoms with E-state index in [1.165, 1.54) is 42.9 Å². The lowest BCUT2D eigenvalue weighted by molar-refractivity contribution is 0.0827. The van der Waals surface area contributed by atoms with Crippen LogP contribution in [0, 0.1) is 17.6 Å². The summed E-state index contributed by atoms with van der Waals surface area (Å²) in [7, 11) is 3.16. The van der Waals surface area contributed by atoms with E-state index in [4.69, 9.17) is 0 Å². The van der Waals surface area contributed by atoms with E-state index < -0.39 is 11.6 Å². The molecule has 1 aromatic carbocycles. The van der Waals surface area contributed by atoms with Crippen LogP contribution in [-0.2, 0) is 0 Å². The number of carbonyl (C=O) groups is 1. The summed E-state index contributed by atoms with van der Waals surface area (Å²) < 4.78 is 28.0. The third kappa shape index (κ3) is 6.21. The van der Waals surface area contributed by atoms with Crippen molar-refractivity contribution in [2.75, 3.05) is 32.5 Å². The van der Waals surface area contributed by atoms with Gasteiger partial charge >= 0.3 is 0 Å². The van der Waals surface area contributed by atoms with E-state index in [1.54, 1.807) is 14.1 Å². The molecule has 31 heavy (non-hydrogen) atoms. The van der Waals surface area contributed by atoms with Crippen LogP contribution < -0.4 is 10.6 Å². The van der Waals surface area contributed by atoms with Crippen LogP contribution >= 0.6 is 0 Å². The van der Waals surface area contributed by atoms with Crippen molar-refractivity contribution in [1.82, 2.24) is 25.2 Å². The third-order valence-electron chi connectivity index (χ3n) is 4.60. The standard InChI is InChI=1S/C15H13F2N5O.C5H11N.C2H6/c1-22(2)15(23)8-3-4-11(9(16)5-8)21-14-12-10(17)6-18-13(12)19-7-20-14;1-5-2-3-6-4-5;1-2/h3-7H,1-2H3,(H2,18,19,20,21);5-6H,2-4H2,1H3;1-2H3/t;5-;/m.0./s1. The quantitative estimate of drug-likeness (QED) is 0.574. The molecular formula is C22H30F2N6O. The molecule has 0 spiro atoms. The Morgan fingerprint density at radius 2 is 1.94 bits per heavy atom. The number of halogens is 2. The maximum Gasteiger partial charge on any atom is 0.253 e. The summed E-state index contributed by atoms with van der Waals surface area (Å²) in [4.78, 5) is 23.7. The van der Waals surface area contributed by atoms with Crippen molar-refractivity contribution in [3.05, 3.63) is 47.9 Å². The molecule has 3 N–H and O–H groups in total. The first-order chi connectivity index (χ1) is 14.9. The number of H-pyrrole nitrogens is 1. The minimum absolute atomic E-state index is 0.0842. The van der Waals surface area contributed by atoms with Crippen molar-refractivity contribution in [1.29, 1.82) is 0 Å². The predicted molar refractivity (Wildman–Crippen MR) is 120 cm³/mol. The molecule has 168 valence electrons. The molecule has 0 radical (unpaired) electrons. The molecule has 3 heterocycles. The van der Waals surface area contributed by atoms with Gasteiger partial charge in [-0.15, -0.1) is 0 Å². The van der Waals surface area contributed by atoms with Crippen LogP contribution in [0.3, 0.4) is 0 Å². The van der Waals surface area contributed by atoms with Crippen LogP contribution in [0.2, 0.25) is 0 Å². The number of hydrogen-bond donors (Lipinski definition) is 3. The molecule has 1 fully saturated rings. The third-order valence-corrected chi connectivity index (χ3v) is 4.60. The normalized spacial score (nSPS) is 14.9. The smallest absolute Gasteiger partial charge is 0.253 e. The maximum absolute atomic E-state index is 14.2. The lowest BCUT2D eigenvalue weighted by Gasteiger charge is -2.12. The monoisotopic (exact) mass is 432 g/mol. The van der Waals surface area contributed by atoms with Gasteiger partial charge in [-0.3, -0.25) is 4.79 Å². The number of hydrogen-bond acceptors (Lipinski definition) is 5. The first-order valence-electron chi connectivity index (χ1n) is 10.3. The summed E-state index contributed by atoms with van der Waals surface area (Å²) in [5.74, 6) is -0.413. The summed E-state index contributed by atoms with van der Waals surface area (Å²) in [6.07, 6.45) is 3.77. The first-order valence-corrected chi connectivity index (χ1v) is 10.3. The fourth-order valence-corrected chi connectivity index (χ4v) is 2.95. The van der Waals surface area contributed by atoms with Crippen LogP contribution in [-0.4, -0.2) is 52.9 Å². The minimum Gasteiger partial charge on any atom is -0.345 e. The Labute approximate surface area is 181 Å². The molecule has 1 aliphatic rings. The highest BCUT2D eigenvalue weighted by atomic mass is 19.1. The Hall–Kier alpha value is -3.07. The van der Waals surface area contributed by atoms with Crippen molar-refractivity contribution in [2.45, 2.75) is 27.2 Å². The Bertz CT molecular complexity index is 999. The van der Waals surface area contributed by atoms with Gasteiger partial charge in [-0.05, 0) is 43.6 Å². The largest absolute Gasteiger partial charge is 0.345 e. The highest BCUT2D eigenvalue weighted by molar-refractivity contribution is 5.94. The van der Waals surface area contributed by atoms with Gasteiger partial charge in [0.05, 0.1) is 11.1 Å². The molecule has 1 amide bonds. The molecule has 9 heteroatoms. The van der Waals surface area contributed by atoms with E-state index in [9.17, 15) is 13.6 Å². The van der Waals surface area contributed by atoms with Gasteiger partial charge in [0.1, 0.15) is 23.6 Å². The van der Waals surface area contributed by atoms with Gasteiger partial charge in [0.25, 0.3) is 5.91 Å². The zero-order valence-corrected chi connectivity index (χ0v) is 18.6. The highest BCUT2D eigenvalue weighted by Gasteiger charge is 2.15. The number of nitrogens with zero attached hydrogens (tertiary/aromatic N) is 3. The number of aromatic nitrogens is 3. The molecular weight excluding hydrogens is 402 g/mol. The summed E-state index contributed by atoms with van der Waals surface area (Å²) in [6, 6.07) is 4.01. The average molecular weight is 433 g/mol. The number of rotatable bonds is 3. The zero-order chi connectivity index (χ0) is 23.0. The lowest BCUT2D eigenvalue weighted by atomic mass is 10.1. The molecule has 0 unspecified atom stereocenters. The van der Waals surface area contributed by atoms with Crippen LogP contribution in [0.1, 0.15) is 37.6 Å². The van der Waals surface area contributed by atoms with Crippen LogP contribution in [0.4, 0.5) is 20.3 Å². The van der Waals surface area contributed by atoms with E-state index >= 15 is 0 Å². The van der Waals surface area contributed by atoms with E-state index in [0.29, 0.717) is 5.65 Å². The van der Waals surface area contributed by atoms with Gasteiger partial charge in [-0.1, -0.05) is 20.8 Å². The van der Waals surface area contributed by atoms with Gasteiger partial charge in [0.15, 0.2) is 5.82 Å². The number of carbonyl (C=O) groups excluding carboxylic acids is 1. The van der Waals surface area contributed by atoms with Crippen molar-refractivity contribution < 1.29 is 13.6 Å². The number of amides is 1. The highest BCUT2D eigenvalue weighted by Crippen LogP contribution is 2.26. The Balaban J connectivity index is 0.000000363. The Morgan fingerprint density at radius 1 is 1.19 bits per heavy atom. The lowest BCUT2D eigenvalue weighted by Crippen LogP contribution is -2.21. The van der Waals surface area contributed by atoms with E-state index in [-0.39, 0.29) is 28.4 Å². The molecule has 0 bridgehead atoms. The molecule has 1 atom stereocenters. The topological polar surface area (TPSA) is 85.9 Å². The maximum atomic E-state index is 14.2. The second-order valence-electron chi connectivity index (χ2n) is 7.20. The first kappa shape index (κ1) is 24.2. The summed E-state index contributed by atoms with van der Waals surface area (Å²) in [5, 5.41) is 6.14. The fourth-order valence-electron chi connectivity index (χ4n) is 2.95. The van der Waals surface area contributed by atoms with Crippen molar-refractivity contribution in [3.63, 3.8) is 0 Å². The molecule has 0 aliphatic carbocycles. The molecule has 2 aromatic heterocycles. The van der Waals surface area contributed by atoms with Crippen LogP contribution in [0.5, 0.6) is 0 Å². The number of nitrogens with one attached hydrogen (secondary N) is 3. The predicted octanol–water partition coefficient (Wildman–Crippen LogP) is 4.32. The van der Waals surface area contributed by atoms with Gasteiger partial charge in [0.2, 0.25) is 0 Å². The fraction of sp³-hybridized carbons (Fsp3) is 0.409. The van der Waals surface area contributed by atoms with Gasteiger partial charge in [-0.2, -0.15) is 0 Å². The van der Waals surface area contributed by atoms with Crippen molar-refractivity contribution >= 4 is 28.4 Å². The van der Waals surface area contributed by atoms with Crippen LogP contribution in [0.15, 0.2) is 30.7 Å². The van der Waals surface area contributed by atoms with E-state index in [2.05, 4.69) is 32.5 Å². The Kier molecular flexibility index (Phi) is 8.87. The second kappa shape index (κ2) is 11.4. The van der Waals surface area contributed by atoms with Gasteiger partial charge < -0.3 is 20.5 Å². The zero-order valence-electron chi connectivity index (χ0n) is 18.6. The molecule has 1 aliphatic heterocycles. The molecule has 4 rings (SSSR count). The number of fused-ring (bicyclic) bond motifs is 1. The van der Waals surface area contributed by atoms with Crippen molar-refractivity contribution in [3.8, 4) is 0 Å². The number of aromatic amines is 1. The summed E-state index contributed by atoms with van der Waals surface area (Å²) in [5.41, 5.74) is 0.611. The summed E-state index contributed by atoms with van der Waals surface area (Å²) >= 11 is 0. The second-order valence-corrected chi connectivity index (χ2v) is 7.20. The molecule has 3 aromatic rings. The average Bonchev–Trinajstić information content (AvgIpc) is 3.40. The minimum atomic E-state index is -0.639. The van der Waals surface area contributed by atoms with Crippen LogP contribution in [0.25, 0.3) is 11.0 Å². The van der Waals surface area contributed by atoms with E-state index in [1.807, 2.05) is 13.8 Å².